The van der Waals surface area contributed by atoms with Crippen molar-refractivity contribution in [3.8, 4) is 0 Å². The first kappa shape index (κ1) is 10.4. The van der Waals surface area contributed by atoms with Gasteiger partial charge in [0.15, 0.2) is 0 Å². The molecule has 6 nitrogen and oxygen atoms in total. The summed E-state index contributed by atoms with van der Waals surface area (Å²) >= 11 is 0. The maximum absolute atomic E-state index is 10.4. The molecule has 0 spiro atoms. The third-order valence-corrected chi connectivity index (χ3v) is 3.25. The predicted molar refractivity (Wildman–Crippen MR) is 39.5 cm³/mol. The Morgan fingerprint density at radius 1 is 1.27 bits per heavy atom. The molecule has 7 heteroatoms. The molecule has 0 aromatic rings. The van der Waals surface area contributed by atoms with Gasteiger partial charge in [-0.25, -0.2) is 4.79 Å². The number of amides is 2. The molecule has 0 fully saturated rings. The van der Waals surface area contributed by atoms with Crippen molar-refractivity contribution in [1.82, 2.24) is 4.98 Å². The van der Waals surface area contributed by atoms with Crippen molar-refractivity contribution in [2.75, 3.05) is 21.3 Å². The van der Waals surface area contributed by atoms with Crippen LogP contribution in [-0.2, 0) is 13.3 Å². The molecule has 0 bridgehead atoms. The third-order valence-electron chi connectivity index (χ3n) is 1.08. The largest absolute Gasteiger partial charge is 0.633 e. The second kappa shape index (κ2) is 4.29. The van der Waals surface area contributed by atoms with Crippen LogP contribution in [0.4, 0.5) is 4.79 Å². The summed E-state index contributed by atoms with van der Waals surface area (Å²) in [6.07, 6.45) is 0. The Kier molecular flexibility index (Phi) is 4.04. The molecule has 0 saturated heterocycles. The zero-order chi connectivity index (χ0) is 8.91. The van der Waals surface area contributed by atoms with Crippen molar-refractivity contribution in [3.63, 3.8) is 0 Å². The van der Waals surface area contributed by atoms with Gasteiger partial charge in [-0.05, 0) is 0 Å². The number of urea groups is 1. The van der Waals surface area contributed by atoms with Gasteiger partial charge in [-0.2, -0.15) is 0 Å². The minimum Gasteiger partial charge on any atom is -0.360 e. The average molecular weight is 180 g/mol. The van der Waals surface area contributed by atoms with Gasteiger partial charge in [0.05, 0.1) is 0 Å². The lowest BCUT2D eigenvalue weighted by atomic mass is 11.2. The molecule has 0 heterocycles. The standard InChI is InChI=1S/C4H12N2O4Si/c1-8-11(9-2,10-3)6-4(5)7/h1-3H3,(H3,5,6,7). The van der Waals surface area contributed by atoms with Crippen LogP contribution in [0, 0.1) is 0 Å². The molecule has 0 aliphatic carbocycles. The fourth-order valence-electron chi connectivity index (χ4n) is 0.554. The van der Waals surface area contributed by atoms with Crippen LogP contribution in [-0.4, -0.2) is 36.3 Å². The third kappa shape index (κ3) is 2.85. The van der Waals surface area contributed by atoms with Crippen LogP contribution >= 0.6 is 0 Å². The summed E-state index contributed by atoms with van der Waals surface area (Å²) < 4.78 is 14.5. The van der Waals surface area contributed by atoms with Gasteiger partial charge < -0.3 is 19.0 Å². The van der Waals surface area contributed by atoms with E-state index in [1.165, 1.54) is 21.3 Å². The quantitative estimate of drug-likeness (QED) is 0.545. The van der Waals surface area contributed by atoms with Crippen LogP contribution in [0.5, 0.6) is 0 Å². The zero-order valence-electron chi connectivity index (χ0n) is 6.71. The smallest absolute Gasteiger partial charge is 0.360 e. The molecule has 0 rings (SSSR count). The number of nitrogens with one attached hydrogen (secondary N) is 1. The number of primary amides is 1. The van der Waals surface area contributed by atoms with E-state index in [1.807, 2.05) is 0 Å². The van der Waals surface area contributed by atoms with Crippen molar-refractivity contribution in [2.45, 2.75) is 0 Å². The SMILES string of the molecule is CO[Si](NC(N)=O)(OC)OC. The van der Waals surface area contributed by atoms with E-state index < -0.39 is 15.0 Å². The fraction of sp³-hybridized carbons (Fsp3) is 0.750. The van der Waals surface area contributed by atoms with E-state index >= 15 is 0 Å². The van der Waals surface area contributed by atoms with Crippen LogP contribution in [0.15, 0.2) is 0 Å². The van der Waals surface area contributed by atoms with Gasteiger partial charge in [0.25, 0.3) is 0 Å². The molecule has 66 valence electrons. The minimum absolute atomic E-state index is 0.734. The normalized spacial score (nSPS) is 11.2. The molecule has 0 aliphatic rings. The summed E-state index contributed by atoms with van der Waals surface area (Å²) in [4.78, 5) is 12.7. The molecule has 0 aromatic heterocycles. The Balaban J connectivity index is 4.16. The Labute approximate surface area is 66.1 Å². The van der Waals surface area contributed by atoms with E-state index in [0.29, 0.717) is 0 Å². The Bertz CT molecular complexity index is 130. The Hall–Kier alpha value is -0.633. The van der Waals surface area contributed by atoms with Gasteiger partial charge in [0.1, 0.15) is 0 Å². The van der Waals surface area contributed by atoms with Gasteiger partial charge >= 0.3 is 15.0 Å². The molecule has 0 aromatic carbocycles. The van der Waals surface area contributed by atoms with Crippen molar-refractivity contribution >= 4 is 15.0 Å². The van der Waals surface area contributed by atoms with Gasteiger partial charge in [-0.3, -0.25) is 4.98 Å². The first-order valence-electron chi connectivity index (χ1n) is 2.83. The predicted octanol–water partition coefficient (Wildman–Crippen LogP) is -0.970. The molecule has 0 atom stereocenters. The number of carbonyl (C=O) groups excluding carboxylic acids is 1. The average Bonchev–Trinajstić information content (AvgIpc) is 2.00. The van der Waals surface area contributed by atoms with Crippen LogP contribution < -0.4 is 10.7 Å². The maximum Gasteiger partial charge on any atom is 0.633 e. The summed E-state index contributed by atoms with van der Waals surface area (Å²) in [5.74, 6) is 0. The molecule has 0 saturated carbocycles. The number of nitrogens with two attached hydrogens (primary N) is 1. The Morgan fingerprint density at radius 3 is 1.73 bits per heavy atom. The topological polar surface area (TPSA) is 82.8 Å². The van der Waals surface area contributed by atoms with Gasteiger partial charge in [0.2, 0.25) is 0 Å². The summed E-state index contributed by atoms with van der Waals surface area (Å²) in [7, 11) is 1.11. The maximum atomic E-state index is 10.4. The van der Waals surface area contributed by atoms with Crippen molar-refractivity contribution in [2.24, 2.45) is 5.73 Å². The van der Waals surface area contributed by atoms with Crippen molar-refractivity contribution in [3.05, 3.63) is 0 Å². The molecule has 11 heavy (non-hydrogen) atoms. The molecule has 0 aliphatic heterocycles. The van der Waals surface area contributed by atoms with Crippen molar-refractivity contribution < 1.29 is 18.1 Å². The van der Waals surface area contributed by atoms with Gasteiger partial charge in [-0.1, -0.05) is 0 Å². The number of rotatable bonds is 4. The van der Waals surface area contributed by atoms with E-state index in [0.717, 1.165) is 0 Å². The lowest BCUT2D eigenvalue weighted by Crippen LogP contribution is -2.60. The number of hydrogen-bond donors (Lipinski definition) is 2. The van der Waals surface area contributed by atoms with E-state index in [9.17, 15) is 4.79 Å². The zero-order valence-corrected chi connectivity index (χ0v) is 7.71. The minimum atomic E-state index is -3.01. The summed E-state index contributed by atoms with van der Waals surface area (Å²) in [6.45, 7) is 0. The number of carbonyl (C=O) groups is 1. The van der Waals surface area contributed by atoms with Crippen LogP contribution in [0.3, 0.4) is 0 Å². The molecule has 0 unspecified atom stereocenters. The monoisotopic (exact) mass is 180 g/mol. The van der Waals surface area contributed by atoms with E-state index in [-0.39, 0.29) is 0 Å². The van der Waals surface area contributed by atoms with Gasteiger partial charge in [0, 0.05) is 21.3 Å². The van der Waals surface area contributed by atoms with E-state index in [2.05, 4.69) is 4.98 Å². The molecular weight excluding hydrogens is 168 g/mol. The summed E-state index contributed by atoms with van der Waals surface area (Å²) in [5, 5.41) is 0. The Morgan fingerprint density at radius 2 is 1.64 bits per heavy atom. The fourth-order valence-corrected chi connectivity index (χ4v) is 1.66. The highest BCUT2D eigenvalue weighted by Gasteiger charge is 2.41. The second-order valence-electron chi connectivity index (χ2n) is 1.66. The molecular formula is C4H12N2O4Si. The van der Waals surface area contributed by atoms with Crippen LogP contribution in [0.2, 0.25) is 0 Å². The summed E-state index contributed by atoms with van der Waals surface area (Å²) in [6, 6.07) is -0.734. The summed E-state index contributed by atoms with van der Waals surface area (Å²) in [5.41, 5.74) is 4.85. The van der Waals surface area contributed by atoms with Crippen molar-refractivity contribution in [1.29, 1.82) is 0 Å². The highest BCUT2D eigenvalue weighted by Crippen LogP contribution is 1.99. The molecule has 2 amide bonds. The van der Waals surface area contributed by atoms with Crippen LogP contribution in [0.1, 0.15) is 0 Å². The number of hydrogen-bond acceptors (Lipinski definition) is 4. The first-order chi connectivity index (χ1) is 5.10. The van der Waals surface area contributed by atoms with E-state index in [1.54, 1.807) is 0 Å². The molecule has 0 radical (unpaired) electrons. The van der Waals surface area contributed by atoms with Crippen LogP contribution in [0.25, 0.3) is 0 Å². The first-order valence-corrected chi connectivity index (χ1v) is 4.55. The van der Waals surface area contributed by atoms with E-state index in [4.69, 9.17) is 19.0 Å². The highest BCUT2D eigenvalue weighted by molar-refractivity contribution is 6.60. The lowest BCUT2D eigenvalue weighted by Gasteiger charge is -2.22. The molecule has 3 N–H and O–H groups in total. The second-order valence-corrected chi connectivity index (χ2v) is 4.24. The highest BCUT2D eigenvalue weighted by atomic mass is 28.4. The lowest BCUT2D eigenvalue weighted by molar-refractivity contribution is 0.113. The van der Waals surface area contributed by atoms with Gasteiger partial charge in [-0.15, -0.1) is 0 Å².